The lowest BCUT2D eigenvalue weighted by molar-refractivity contribution is 0.0657. The lowest BCUT2D eigenvalue weighted by Gasteiger charge is -2.31. The standard InChI is InChI=1S/C13H18Br2N2OS/c1-2-17(10-5-3-4-8(10)7-16)13(18)11-6-9(14)12(15)19-11/h6,8,10H,2-5,7,16H2,1H3. The number of halogens is 2. The number of nitrogens with zero attached hydrogens (tertiary/aromatic N) is 1. The average Bonchev–Trinajstić information content (AvgIpc) is 2.98. The molecule has 1 saturated carbocycles. The van der Waals surface area contributed by atoms with Crippen LogP contribution in [0.1, 0.15) is 35.9 Å². The summed E-state index contributed by atoms with van der Waals surface area (Å²) in [5.74, 6) is 0.583. The third-order valence-electron chi connectivity index (χ3n) is 3.78. The molecule has 3 nitrogen and oxygen atoms in total. The Morgan fingerprint density at radius 3 is 2.79 bits per heavy atom. The highest BCUT2D eigenvalue weighted by atomic mass is 79.9. The van der Waals surface area contributed by atoms with Crippen LogP contribution in [0.25, 0.3) is 0 Å². The van der Waals surface area contributed by atoms with E-state index in [9.17, 15) is 4.79 Å². The second kappa shape index (κ2) is 6.70. The maximum Gasteiger partial charge on any atom is 0.264 e. The molecule has 2 atom stereocenters. The van der Waals surface area contributed by atoms with Crippen molar-refractivity contribution in [2.75, 3.05) is 13.1 Å². The average molecular weight is 410 g/mol. The van der Waals surface area contributed by atoms with Crippen LogP contribution in [0.15, 0.2) is 14.3 Å². The molecule has 0 aliphatic heterocycles. The van der Waals surface area contributed by atoms with Crippen LogP contribution in [0.4, 0.5) is 0 Å². The van der Waals surface area contributed by atoms with Gasteiger partial charge in [0.15, 0.2) is 0 Å². The molecule has 6 heteroatoms. The molecule has 2 rings (SSSR count). The predicted octanol–water partition coefficient (Wildman–Crippen LogP) is 3.86. The molecule has 2 unspecified atom stereocenters. The zero-order valence-corrected chi connectivity index (χ0v) is 14.9. The zero-order valence-electron chi connectivity index (χ0n) is 10.9. The van der Waals surface area contributed by atoms with E-state index in [4.69, 9.17) is 5.73 Å². The van der Waals surface area contributed by atoms with Gasteiger partial charge in [0, 0.05) is 17.1 Å². The number of hydrogen-bond acceptors (Lipinski definition) is 3. The summed E-state index contributed by atoms with van der Waals surface area (Å²) in [6.45, 7) is 3.46. The summed E-state index contributed by atoms with van der Waals surface area (Å²) in [7, 11) is 0. The molecule has 0 aromatic carbocycles. The normalized spacial score (nSPS) is 22.7. The highest BCUT2D eigenvalue weighted by Gasteiger charge is 2.34. The number of rotatable bonds is 4. The van der Waals surface area contributed by atoms with E-state index < -0.39 is 0 Å². The quantitative estimate of drug-likeness (QED) is 0.820. The highest BCUT2D eigenvalue weighted by molar-refractivity contribution is 9.13. The third kappa shape index (κ3) is 3.23. The van der Waals surface area contributed by atoms with Gasteiger partial charge in [-0.15, -0.1) is 11.3 Å². The molecule has 0 bridgehead atoms. The number of hydrogen-bond donors (Lipinski definition) is 1. The van der Waals surface area contributed by atoms with Crippen molar-refractivity contribution in [3.63, 3.8) is 0 Å². The molecule has 19 heavy (non-hydrogen) atoms. The number of nitrogens with two attached hydrogens (primary N) is 1. The molecule has 1 heterocycles. The van der Waals surface area contributed by atoms with E-state index in [0.717, 1.165) is 32.5 Å². The first-order valence-electron chi connectivity index (χ1n) is 6.54. The molecule has 106 valence electrons. The fraction of sp³-hybridized carbons (Fsp3) is 0.615. The lowest BCUT2D eigenvalue weighted by atomic mass is 10.0. The molecule has 1 aromatic rings. The Hall–Kier alpha value is 0.0900. The van der Waals surface area contributed by atoms with E-state index in [1.165, 1.54) is 17.8 Å². The van der Waals surface area contributed by atoms with Crippen LogP contribution >= 0.6 is 43.2 Å². The molecule has 2 N–H and O–H groups in total. The Balaban J connectivity index is 2.19. The van der Waals surface area contributed by atoms with E-state index >= 15 is 0 Å². The van der Waals surface area contributed by atoms with Crippen molar-refractivity contribution in [3.8, 4) is 0 Å². The minimum absolute atomic E-state index is 0.129. The SMILES string of the molecule is CCN(C(=O)c1cc(Br)c(Br)s1)C1CCCC1CN. The number of amides is 1. The Bertz CT molecular complexity index is 444. The van der Waals surface area contributed by atoms with Gasteiger partial charge in [0.1, 0.15) is 0 Å². The fourth-order valence-corrected chi connectivity index (χ4v) is 4.82. The summed E-state index contributed by atoms with van der Waals surface area (Å²) < 4.78 is 1.91. The number of carbonyl (C=O) groups excluding carboxylic acids is 1. The smallest absolute Gasteiger partial charge is 0.264 e. The van der Waals surface area contributed by atoms with Crippen molar-refractivity contribution in [1.29, 1.82) is 0 Å². The van der Waals surface area contributed by atoms with Crippen LogP contribution < -0.4 is 5.73 Å². The minimum Gasteiger partial charge on any atom is -0.335 e. The molecular weight excluding hydrogens is 392 g/mol. The van der Waals surface area contributed by atoms with Crippen LogP contribution in [-0.2, 0) is 0 Å². The number of carbonyl (C=O) groups is 1. The van der Waals surface area contributed by atoms with Crippen LogP contribution in [0.3, 0.4) is 0 Å². The van der Waals surface area contributed by atoms with Crippen LogP contribution in [-0.4, -0.2) is 29.9 Å². The summed E-state index contributed by atoms with van der Waals surface area (Å²) >= 11 is 8.36. The van der Waals surface area contributed by atoms with Gasteiger partial charge < -0.3 is 10.6 Å². The van der Waals surface area contributed by atoms with Gasteiger partial charge in [-0.3, -0.25) is 4.79 Å². The van der Waals surface area contributed by atoms with Crippen molar-refractivity contribution in [2.24, 2.45) is 11.7 Å². The van der Waals surface area contributed by atoms with E-state index in [2.05, 4.69) is 31.9 Å². The largest absolute Gasteiger partial charge is 0.335 e. The van der Waals surface area contributed by atoms with Crippen molar-refractivity contribution >= 4 is 49.1 Å². The Labute approximate surface area is 134 Å². The van der Waals surface area contributed by atoms with Crippen molar-refractivity contribution < 1.29 is 4.79 Å². The summed E-state index contributed by atoms with van der Waals surface area (Å²) in [6, 6.07) is 2.20. The molecule has 0 saturated heterocycles. The van der Waals surface area contributed by atoms with Crippen molar-refractivity contribution in [2.45, 2.75) is 32.2 Å². The first-order valence-corrected chi connectivity index (χ1v) is 8.94. The first kappa shape index (κ1) is 15.5. The van der Waals surface area contributed by atoms with Gasteiger partial charge in [0.25, 0.3) is 5.91 Å². The lowest BCUT2D eigenvalue weighted by Crippen LogP contribution is -2.43. The van der Waals surface area contributed by atoms with Gasteiger partial charge in [0.2, 0.25) is 0 Å². The van der Waals surface area contributed by atoms with Gasteiger partial charge in [-0.05, 0) is 70.2 Å². The third-order valence-corrected chi connectivity index (χ3v) is 7.02. The summed E-state index contributed by atoms with van der Waals surface area (Å²) in [6.07, 6.45) is 3.39. The zero-order chi connectivity index (χ0) is 14.0. The molecular formula is C13H18Br2N2OS. The molecule has 1 aromatic heterocycles. The monoisotopic (exact) mass is 408 g/mol. The van der Waals surface area contributed by atoms with Crippen molar-refractivity contribution in [1.82, 2.24) is 4.90 Å². The fourth-order valence-electron chi connectivity index (χ4n) is 2.82. The van der Waals surface area contributed by atoms with E-state index in [1.54, 1.807) is 0 Å². The summed E-state index contributed by atoms with van der Waals surface area (Å²) in [4.78, 5) is 15.4. The minimum atomic E-state index is 0.129. The molecule has 1 aliphatic carbocycles. The molecule has 0 spiro atoms. The molecule has 1 amide bonds. The Morgan fingerprint density at radius 2 is 2.26 bits per heavy atom. The Morgan fingerprint density at radius 1 is 1.53 bits per heavy atom. The van der Waals surface area contributed by atoms with Gasteiger partial charge in [-0.2, -0.15) is 0 Å². The predicted molar refractivity (Wildman–Crippen MR) is 86.6 cm³/mol. The Kier molecular flexibility index (Phi) is 5.45. The van der Waals surface area contributed by atoms with Gasteiger partial charge in [0.05, 0.1) is 8.66 Å². The van der Waals surface area contributed by atoms with Gasteiger partial charge >= 0.3 is 0 Å². The summed E-state index contributed by atoms with van der Waals surface area (Å²) in [5, 5.41) is 0. The molecule has 0 radical (unpaired) electrons. The van der Waals surface area contributed by atoms with E-state index in [-0.39, 0.29) is 5.91 Å². The number of thiophene rings is 1. The maximum atomic E-state index is 12.6. The second-order valence-electron chi connectivity index (χ2n) is 4.82. The van der Waals surface area contributed by atoms with Crippen molar-refractivity contribution in [3.05, 3.63) is 19.2 Å². The first-order chi connectivity index (χ1) is 9.08. The molecule has 1 fully saturated rings. The molecule has 1 aliphatic rings. The maximum absolute atomic E-state index is 12.6. The van der Waals surface area contributed by atoms with E-state index in [0.29, 0.717) is 18.5 Å². The van der Waals surface area contributed by atoms with Crippen LogP contribution in [0.5, 0.6) is 0 Å². The topological polar surface area (TPSA) is 46.3 Å². The second-order valence-corrected chi connectivity index (χ2v) is 8.04. The summed E-state index contributed by atoms with van der Waals surface area (Å²) in [5.41, 5.74) is 5.83. The van der Waals surface area contributed by atoms with Crippen LogP contribution in [0, 0.1) is 5.92 Å². The highest BCUT2D eigenvalue weighted by Crippen LogP contribution is 2.35. The van der Waals surface area contributed by atoms with Crippen LogP contribution in [0.2, 0.25) is 0 Å². The van der Waals surface area contributed by atoms with Gasteiger partial charge in [-0.25, -0.2) is 0 Å². The van der Waals surface area contributed by atoms with Gasteiger partial charge in [-0.1, -0.05) is 6.42 Å². The van der Waals surface area contributed by atoms with E-state index in [1.807, 2.05) is 17.9 Å².